The topological polar surface area (TPSA) is 100 Å². The van der Waals surface area contributed by atoms with Crippen LogP contribution in [0.3, 0.4) is 0 Å². The number of carbonyl (C=O) groups is 1. The molecule has 0 unspecified atom stereocenters. The fraction of sp³-hybridized carbons (Fsp3) is 0.182. The van der Waals surface area contributed by atoms with Crippen LogP contribution in [0, 0.1) is 0 Å². The van der Waals surface area contributed by atoms with Gasteiger partial charge in [0.15, 0.2) is 17.1 Å². The summed E-state index contributed by atoms with van der Waals surface area (Å²) in [5.74, 6) is 1.04. The van der Waals surface area contributed by atoms with Gasteiger partial charge < -0.3 is 14.8 Å². The zero-order valence-electron chi connectivity index (χ0n) is 16.7. The highest BCUT2D eigenvalue weighted by Gasteiger charge is 2.18. The molecule has 0 saturated heterocycles. The van der Waals surface area contributed by atoms with E-state index in [1.54, 1.807) is 4.68 Å². The van der Waals surface area contributed by atoms with Gasteiger partial charge in [0.05, 0.1) is 17.9 Å². The molecule has 31 heavy (non-hydrogen) atoms. The van der Waals surface area contributed by atoms with E-state index in [1.165, 1.54) is 17.1 Å². The number of rotatable bonds is 5. The summed E-state index contributed by atoms with van der Waals surface area (Å²) in [5.41, 5.74) is 1.81. The molecule has 0 bridgehead atoms. The second-order valence-corrected chi connectivity index (χ2v) is 7.21. The van der Waals surface area contributed by atoms with Crippen molar-refractivity contribution in [3.8, 4) is 17.2 Å². The fourth-order valence-corrected chi connectivity index (χ4v) is 3.53. The third-order valence-corrected chi connectivity index (χ3v) is 5.14. The number of ether oxygens (including phenoxy) is 2. The lowest BCUT2D eigenvalue weighted by molar-refractivity contribution is -0.122. The first-order valence-electron chi connectivity index (χ1n) is 9.77. The molecule has 0 radical (unpaired) electrons. The van der Waals surface area contributed by atoms with Gasteiger partial charge in [0.2, 0.25) is 12.7 Å². The Labute approximate surface area is 176 Å². The minimum absolute atomic E-state index is 0.146. The van der Waals surface area contributed by atoms with Gasteiger partial charge in [-0.2, -0.15) is 5.10 Å². The van der Waals surface area contributed by atoms with Crippen LogP contribution in [-0.4, -0.2) is 32.0 Å². The maximum absolute atomic E-state index is 12.9. The molecule has 0 fully saturated rings. The molecule has 1 aliphatic rings. The highest BCUT2D eigenvalue weighted by Crippen LogP contribution is 2.34. The third kappa shape index (κ3) is 3.50. The van der Waals surface area contributed by atoms with E-state index < -0.39 is 0 Å². The molecule has 9 heteroatoms. The monoisotopic (exact) mass is 417 g/mol. The van der Waals surface area contributed by atoms with E-state index >= 15 is 0 Å². The number of aromatic nitrogens is 4. The summed E-state index contributed by atoms with van der Waals surface area (Å²) in [6, 6.07) is 14.7. The first-order chi connectivity index (χ1) is 15.1. The molecule has 1 N–H and O–H groups in total. The number of nitrogens with one attached hydrogen (secondary N) is 1. The average Bonchev–Trinajstić information content (AvgIpc) is 3.43. The molecule has 1 amide bonds. The number of hydrogen-bond acceptors (Lipinski definition) is 6. The van der Waals surface area contributed by atoms with E-state index in [0.717, 1.165) is 11.3 Å². The zero-order chi connectivity index (χ0) is 21.4. The van der Waals surface area contributed by atoms with Crippen molar-refractivity contribution in [1.29, 1.82) is 0 Å². The SMILES string of the molecule is C[C@H](NC(=O)Cn1cnc2c(cnn2-c2ccccc2)c1=O)c1ccc2c(c1)OCO2. The lowest BCUT2D eigenvalue weighted by atomic mass is 10.1. The molecular formula is C22H19N5O4. The second-order valence-electron chi connectivity index (χ2n) is 7.21. The van der Waals surface area contributed by atoms with Gasteiger partial charge in [0, 0.05) is 0 Å². The first kappa shape index (κ1) is 18.9. The van der Waals surface area contributed by atoms with Crippen molar-refractivity contribution in [3.63, 3.8) is 0 Å². The van der Waals surface area contributed by atoms with E-state index in [1.807, 2.05) is 55.5 Å². The van der Waals surface area contributed by atoms with Crippen LogP contribution in [0.25, 0.3) is 16.7 Å². The van der Waals surface area contributed by atoms with Crippen molar-refractivity contribution in [2.24, 2.45) is 0 Å². The summed E-state index contributed by atoms with van der Waals surface area (Å²) < 4.78 is 13.6. The molecular weight excluding hydrogens is 398 g/mol. The van der Waals surface area contributed by atoms with Crippen molar-refractivity contribution >= 4 is 16.9 Å². The fourth-order valence-electron chi connectivity index (χ4n) is 3.53. The van der Waals surface area contributed by atoms with Gasteiger partial charge in [0.25, 0.3) is 5.56 Å². The largest absolute Gasteiger partial charge is 0.454 e. The molecule has 1 atom stereocenters. The number of hydrogen-bond donors (Lipinski definition) is 1. The highest BCUT2D eigenvalue weighted by molar-refractivity contribution is 5.78. The molecule has 5 rings (SSSR count). The zero-order valence-corrected chi connectivity index (χ0v) is 16.7. The summed E-state index contributed by atoms with van der Waals surface area (Å²) in [4.78, 5) is 29.8. The van der Waals surface area contributed by atoms with Crippen molar-refractivity contribution in [2.45, 2.75) is 19.5 Å². The van der Waals surface area contributed by atoms with Crippen LogP contribution in [0.15, 0.2) is 65.8 Å². The average molecular weight is 417 g/mol. The molecule has 2 aromatic carbocycles. The highest BCUT2D eigenvalue weighted by atomic mass is 16.7. The molecule has 2 aromatic heterocycles. The van der Waals surface area contributed by atoms with Gasteiger partial charge in [-0.15, -0.1) is 0 Å². The van der Waals surface area contributed by atoms with Crippen LogP contribution in [0.4, 0.5) is 0 Å². The van der Waals surface area contributed by atoms with Crippen LogP contribution in [0.5, 0.6) is 11.5 Å². The van der Waals surface area contributed by atoms with E-state index in [4.69, 9.17) is 9.47 Å². The summed E-state index contributed by atoms with van der Waals surface area (Å²) in [6.45, 7) is 1.91. The van der Waals surface area contributed by atoms with Crippen molar-refractivity contribution in [1.82, 2.24) is 24.6 Å². The maximum Gasteiger partial charge on any atom is 0.264 e. The van der Waals surface area contributed by atoms with Crippen molar-refractivity contribution in [2.75, 3.05) is 6.79 Å². The molecule has 3 heterocycles. The van der Waals surface area contributed by atoms with Gasteiger partial charge in [0.1, 0.15) is 18.3 Å². The summed E-state index contributed by atoms with van der Waals surface area (Å²) in [5, 5.41) is 7.53. The Morgan fingerprint density at radius 1 is 1.16 bits per heavy atom. The van der Waals surface area contributed by atoms with Gasteiger partial charge in [-0.25, -0.2) is 9.67 Å². The summed E-state index contributed by atoms with van der Waals surface area (Å²) in [7, 11) is 0. The second kappa shape index (κ2) is 7.60. The van der Waals surface area contributed by atoms with E-state index in [9.17, 15) is 9.59 Å². The Bertz CT molecular complexity index is 1330. The molecule has 4 aromatic rings. The number of fused-ring (bicyclic) bond motifs is 2. The predicted molar refractivity (Wildman–Crippen MR) is 112 cm³/mol. The standard InChI is InChI=1S/C22H19N5O4/c1-14(15-7-8-18-19(9-15)31-13-30-18)25-20(28)11-26-12-23-21-17(22(26)29)10-24-27(21)16-5-3-2-4-6-16/h2-10,12,14H,11,13H2,1H3,(H,25,28)/t14-/m0/s1. The smallest absolute Gasteiger partial charge is 0.264 e. The van der Waals surface area contributed by atoms with Crippen LogP contribution in [-0.2, 0) is 11.3 Å². The Balaban J connectivity index is 1.34. The summed E-state index contributed by atoms with van der Waals surface area (Å²) >= 11 is 0. The van der Waals surface area contributed by atoms with Gasteiger partial charge in [-0.1, -0.05) is 24.3 Å². The Morgan fingerprint density at radius 3 is 2.81 bits per heavy atom. The van der Waals surface area contributed by atoms with Gasteiger partial charge in [-0.05, 0) is 36.8 Å². The lowest BCUT2D eigenvalue weighted by Gasteiger charge is -2.15. The number of nitrogens with zero attached hydrogens (tertiary/aromatic N) is 4. The predicted octanol–water partition coefficient (Wildman–Crippen LogP) is 2.19. The Morgan fingerprint density at radius 2 is 1.97 bits per heavy atom. The van der Waals surface area contributed by atoms with Crippen molar-refractivity contribution < 1.29 is 14.3 Å². The maximum atomic E-state index is 12.9. The van der Waals surface area contributed by atoms with Crippen LogP contribution in [0.2, 0.25) is 0 Å². The first-order valence-corrected chi connectivity index (χ1v) is 9.77. The molecule has 156 valence electrons. The minimum Gasteiger partial charge on any atom is -0.454 e. The Hall–Kier alpha value is -4.14. The molecule has 0 spiro atoms. The third-order valence-electron chi connectivity index (χ3n) is 5.14. The normalized spacial score (nSPS) is 13.3. The number of carbonyl (C=O) groups excluding carboxylic acids is 1. The quantitative estimate of drug-likeness (QED) is 0.534. The minimum atomic E-state index is -0.321. The van der Waals surface area contributed by atoms with E-state index in [2.05, 4.69) is 15.4 Å². The van der Waals surface area contributed by atoms with Crippen LogP contribution < -0.4 is 20.3 Å². The van der Waals surface area contributed by atoms with Gasteiger partial charge in [-0.3, -0.25) is 14.2 Å². The molecule has 9 nitrogen and oxygen atoms in total. The molecule has 0 aliphatic carbocycles. The molecule has 1 aliphatic heterocycles. The summed E-state index contributed by atoms with van der Waals surface area (Å²) in [6.07, 6.45) is 2.85. The molecule has 0 saturated carbocycles. The Kier molecular flexibility index (Phi) is 4.62. The van der Waals surface area contributed by atoms with E-state index in [-0.39, 0.29) is 30.8 Å². The van der Waals surface area contributed by atoms with Crippen molar-refractivity contribution in [3.05, 3.63) is 77.0 Å². The van der Waals surface area contributed by atoms with E-state index in [0.29, 0.717) is 22.5 Å². The number of para-hydroxylation sites is 1. The lowest BCUT2D eigenvalue weighted by Crippen LogP contribution is -2.33. The van der Waals surface area contributed by atoms with Crippen LogP contribution >= 0.6 is 0 Å². The van der Waals surface area contributed by atoms with Crippen LogP contribution in [0.1, 0.15) is 18.5 Å². The number of amides is 1. The van der Waals surface area contributed by atoms with Gasteiger partial charge >= 0.3 is 0 Å². The number of benzene rings is 2.